The Kier molecular flexibility index (Phi) is 4.38. The molecule has 0 N–H and O–H groups in total. The molecule has 0 saturated carbocycles. The zero-order valence-electron chi connectivity index (χ0n) is 12.0. The lowest BCUT2D eigenvalue weighted by Gasteiger charge is -2.38. The standard InChI is InChI=1S/C15H22N2O2S/c1-12(13-4-10-20-11-13)16-5-7-17(8-6-16)15(18)14-3-2-9-19-14/h4,10-12,14H,2-3,5-9H2,1H3/t12-,14+/m1/s1. The minimum Gasteiger partial charge on any atom is -0.368 e. The van der Waals surface area contributed by atoms with Gasteiger partial charge in [0.25, 0.3) is 5.91 Å². The second-order valence-electron chi connectivity index (χ2n) is 5.60. The normalized spacial score (nSPS) is 25.9. The summed E-state index contributed by atoms with van der Waals surface area (Å²) in [6.45, 7) is 6.55. The second kappa shape index (κ2) is 6.24. The molecule has 0 spiro atoms. The highest BCUT2D eigenvalue weighted by Crippen LogP contribution is 2.24. The molecule has 2 atom stereocenters. The molecule has 0 unspecified atom stereocenters. The van der Waals surface area contributed by atoms with Gasteiger partial charge in [0, 0.05) is 38.8 Å². The van der Waals surface area contributed by atoms with E-state index in [0.29, 0.717) is 6.04 Å². The first-order valence-electron chi connectivity index (χ1n) is 7.42. The fraction of sp³-hybridized carbons (Fsp3) is 0.667. The third kappa shape index (κ3) is 2.90. The number of rotatable bonds is 3. The molecular formula is C15H22N2O2S. The van der Waals surface area contributed by atoms with Crippen LogP contribution in [0.5, 0.6) is 0 Å². The lowest BCUT2D eigenvalue weighted by molar-refractivity contribution is -0.143. The summed E-state index contributed by atoms with van der Waals surface area (Å²) < 4.78 is 5.50. The van der Waals surface area contributed by atoms with E-state index in [1.54, 1.807) is 11.3 Å². The summed E-state index contributed by atoms with van der Waals surface area (Å²) >= 11 is 1.75. The van der Waals surface area contributed by atoms with Crippen LogP contribution in [0.25, 0.3) is 0 Å². The number of carbonyl (C=O) groups excluding carboxylic acids is 1. The number of piperazine rings is 1. The van der Waals surface area contributed by atoms with Gasteiger partial charge in [-0.25, -0.2) is 0 Å². The second-order valence-corrected chi connectivity index (χ2v) is 6.38. The molecule has 3 rings (SSSR count). The van der Waals surface area contributed by atoms with E-state index in [1.807, 2.05) is 4.90 Å². The molecule has 2 saturated heterocycles. The van der Waals surface area contributed by atoms with E-state index >= 15 is 0 Å². The molecule has 2 aliphatic rings. The van der Waals surface area contributed by atoms with Crippen LogP contribution < -0.4 is 0 Å². The predicted octanol–water partition coefficient (Wildman–Crippen LogP) is 2.13. The number of hydrogen-bond donors (Lipinski definition) is 0. The van der Waals surface area contributed by atoms with E-state index in [0.717, 1.165) is 45.6 Å². The van der Waals surface area contributed by atoms with Gasteiger partial charge in [0.15, 0.2) is 0 Å². The van der Waals surface area contributed by atoms with Crippen molar-refractivity contribution < 1.29 is 9.53 Å². The fourth-order valence-corrected chi connectivity index (χ4v) is 3.78. The number of amides is 1. The molecule has 0 aromatic carbocycles. The lowest BCUT2D eigenvalue weighted by Crippen LogP contribution is -2.51. The van der Waals surface area contributed by atoms with Gasteiger partial charge in [-0.1, -0.05) is 0 Å². The van der Waals surface area contributed by atoms with Gasteiger partial charge in [-0.15, -0.1) is 0 Å². The average Bonchev–Trinajstić information content (AvgIpc) is 3.18. The molecule has 0 bridgehead atoms. The Balaban J connectivity index is 1.53. The van der Waals surface area contributed by atoms with Crippen molar-refractivity contribution in [2.45, 2.75) is 31.9 Å². The van der Waals surface area contributed by atoms with Crippen LogP contribution in [0.3, 0.4) is 0 Å². The van der Waals surface area contributed by atoms with Crippen LogP contribution in [0.4, 0.5) is 0 Å². The Morgan fingerprint density at radius 1 is 1.40 bits per heavy atom. The van der Waals surface area contributed by atoms with Crippen LogP contribution in [-0.4, -0.2) is 54.6 Å². The van der Waals surface area contributed by atoms with Gasteiger partial charge in [-0.2, -0.15) is 11.3 Å². The van der Waals surface area contributed by atoms with Gasteiger partial charge in [-0.05, 0) is 42.2 Å². The quantitative estimate of drug-likeness (QED) is 0.856. The van der Waals surface area contributed by atoms with Crippen LogP contribution in [0.2, 0.25) is 0 Å². The van der Waals surface area contributed by atoms with E-state index < -0.39 is 0 Å². The smallest absolute Gasteiger partial charge is 0.251 e. The SMILES string of the molecule is C[C@H](c1ccsc1)N1CCN(C(=O)[C@@H]2CCCO2)CC1. The number of ether oxygens (including phenoxy) is 1. The third-order valence-electron chi connectivity index (χ3n) is 4.40. The zero-order valence-corrected chi connectivity index (χ0v) is 12.8. The van der Waals surface area contributed by atoms with E-state index in [1.165, 1.54) is 5.56 Å². The lowest BCUT2D eigenvalue weighted by atomic mass is 10.1. The maximum Gasteiger partial charge on any atom is 0.251 e. The molecule has 1 aromatic heterocycles. The molecule has 1 amide bonds. The van der Waals surface area contributed by atoms with Gasteiger partial charge < -0.3 is 9.64 Å². The first-order valence-corrected chi connectivity index (χ1v) is 8.36. The molecule has 110 valence electrons. The number of thiophene rings is 1. The molecule has 4 nitrogen and oxygen atoms in total. The molecule has 0 aliphatic carbocycles. The number of carbonyl (C=O) groups is 1. The summed E-state index contributed by atoms with van der Waals surface area (Å²) in [6.07, 6.45) is 1.74. The molecule has 0 radical (unpaired) electrons. The molecule has 1 aromatic rings. The van der Waals surface area contributed by atoms with E-state index in [-0.39, 0.29) is 12.0 Å². The van der Waals surface area contributed by atoms with Gasteiger partial charge in [0.2, 0.25) is 0 Å². The highest BCUT2D eigenvalue weighted by Gasteiger charge is 2.31. The van der Waals surface area contributed by atoms with Crippen LogP contribution in [0, 0.1) is 0 Å². The Hall–Kier alpha value is -0.910. The molecule has 2 aliphatic heterocycles. The molecule has 20 heavy (non-hydrogen) atoms. The molecule has 5 heteroatoms. The topological polar surface area (TPSA) is 32.8 Å². The van der Waals surface area contributed by atoms with Crippen molar-refractivity contribution in [3.63, 3.8) is 0 Å². The minimum atomic E-state index is -0.171. The van der Waals surface area contributed by atoms with Crippen molar-refractivity contribution >= 4 is 17.2 Å². The molecular weight excluding hydrogens is 272 g/mol. The minimum absolute atomic E-state index is 0.171. The fourth-order valence-electron chi connectivity index (χ4n) is 3.03. The van der Waals surface area contributed by atoms with Crippen LogP contribution in [0.1, 0.15) is 31.4 Å². The van der Waals surface area contributed by atoms with Crippen molar-refractivity contribution in [1.29, 1.82) is 0 Å². The van der Waals surface area contributed by atoms with E-state index in [2.05, 4.69) is 28.7 Å². The Labute approximate surface area is 124 Å². The van der Waals surface area contributed by atoms with Gasteiger partial charge in [0.05, 0.1) is 0 Å². The van der Waals surface area contributed by atoms with Crippen LogP contribution in [-0.2, 0) is 9.53 Å². The summed E-state index contributed by atoms with van der Waals surface area (Å²) in [5, 5.41) is 4.34. The number of hydrogen-bond acceptors (Lipinski definition) is 4. The molecule has 3 heterocycles. The number of nitrogens with zero attached hydrogens (tertiary/aromatic N) is 2. The van der Waals surface area contributed by atoms with Gasteiger partial charge >= 0.3 is 0 Å². The first-order chi connectivity index (χ1) is 9.75. The van der Waals surface area contributed by atoms with Gasteiger partial charge in [0.1, 0.15) is 6.10 Å². The molecule has 2 fully saturated rings. The Morgan fingerprint density at radius 2 is 2.20 bits per heavy atom. The summed E-state index contributed by atoms with van der Waals surface area (Å²) in [6, 6.07) is 2.64. The average molecular weight is 294 g/mol. The monoisotopic (exact) mass is 294 g/mol. The van der Waals surface area contributed by atoms with Crippen molar-refractivity contribution in [2.24, 2.45) is 0 Å². The first kappa shape index (κ1) is 14.0. The van der Waals surface area contributed by atoms with Crippen molar-refractivity contribution in [1.82, 2.24) is 9.80 Å². The highest BCUT2D eigenvalue weighted by molar-refractivity contribution is 7.07. The zero-order chi connectivity index (χ0) is 13.9. The predicted molar refractivity (Wildman–Crippen MR) is 79.9 cm³/mol. The Morgan fingerprint density at radius 3 is 2.80 bits per heavy atom. The third-order valence-corrected chi connectivity index (χ3v) is 5.11. The van der Waals surface area contributed by atoms with Crippen molar-refractivity contribution in [3.8, 4) is 0 Å². The van der Waals surface area contributed by atoms with Crippen molar-refractivity contribution in [3.05, 3.63) is 22.4 Å². The van der Waals surface area contributed by atoms with Gasteiger partial charge in [-0.3, -0.25) is 9.69 Å². The van der Waals surface area contributed by atoms with Crippen molar-refractivity contribution in [2.75, 3.05) is 32.8 Å². The summed E-state index contributed by atoms with van der Waals surface area (Å²) in [4.78, 5) is 16.7. The summed E-state index contributed by atoms with van der Waals surface area (Å²) in [5.74, 6) is 0.199. The summed E-state index contributed by atoms with van der Waals surface area (Å²) in [5.41, 5.74) is 1.38. The maximum atomic E-state index is 12.3. The highest BCUT2D eigenvalue weighted by atomic mass is 32.1. The van der Waals surface area contributed by atoms with E-state index in [4.69, 9.17) is 4.74 Å². The summed E-state index contributed by atoms with van der Waals surface area (Å²) in [7, 11) is 0. The van der Waals surface area contributed by atoms with Crippen LogP contribution in [0.15, 0.2) is 16.8 Å². The van der Waals surface area contributed by atoms with Crippen LogP contribution >= 0.6 is 11.3 Å². The van der Waals surface area contributed by atoms with E-state index in [9.17, 15) is 4.79 Å². The largest absolute Gasteiger partial charge is 0.368 e. The maximum absolute atomic E-state index is 12.3. The Bertz CT molecular complexity index is 435.